The van der Waals surface area contributed by atoms with Crippen LogP contribution < -0.4 is 0 Å². The Bertz CT molecular complexity index is 744. The van der Waals surface area contributed by atoms with E-state index >= 15 is 0 Å². The molecule has 1 aliphatic heterocycles. The Labute approximate surface area is 150 Å². The smallest absolute Gasteiger partial charge is 0.391 e. The van der Waals surface area contributed by atoms with Crippen molar-refractivity contribution < 1.29 is 22.7 Å². The molecule has 0 amide bonds. The van der Waals surface area contributed by atoms with E-state index in [4.69, 9.17) is 0 Å². The van der Waals surface area contributed by atoms with Crippen molar-refractivity contribution in [2.24, 2.45) is 0 Å². The number of halogens is 4. The van der Waals surface area contributed by atoms with Crippen LogP contribution in [0.5, 0.6) is 0 Å². The predicted molar refractivity (Wildman–Crippen MR) is 91.3 cm³/mol. The first-order chi connectivity index (χ1) is 12.3. The zero-order valence-corrected chi connectivity index (χ0v) is 14.4. The Morgan fingerprint density at radius 3 is 2.35 bits per heavy atom. The van der Waals surface area contributed by atoms with Crippen molar-refractivity contribution in [2.45, 2.75) is 37.1 Å². The average Bonchev–Trinajstić information content (AvgIpc) is 3.02. The maximum atomic E-state index is 13.3. The molecule has 2 nitrogen and oxygen atoms in total. The summed E-state index contributed by atoms with van der Waals surface area (Å²) in [4.78, 5) is 2.02. The summed E-state index contributed by atoms with van der Waals surface area (Å²) in [5, 5.41) is 11.0. The van der Waals surface area contributed by atoms with Gasteiger partial charge in [0.15, 0.2) is 0 Å². The molecule has 3 atom stereocenters. The van der Waals surface area contributed by atoms with E-state index in [0.29, 0.717) is 11.1 Å². The molecule has 0 bridgehead atoms. The number of rotatable bonds is 4. The zero-order valence-electron chi connectivity index (χ0n) is 14.4. The largest absolute Gasteiger partial charge is 0.416 e. The molecular weight excluding hydrogens is 346 g/mol. The molecule has 0 unspecified atom stereocenters. The molecule has 0 radical (unpaired) electrons. The third-order valence-corrected chi connectivity index (χ3v) is 5.11. The van der Waals surface area contributed by atoms with Crippen molar-refractivity contribution in [1.82, 2.24) is 4.90 Å². The first-order valence-corrected chi connectivity index (χ1v) is 8.58. The second kappa shape index (κ2) is 7.37. The summed E-state index contributed by atoms with van der Waals surface area (Å²) in [5.74, 6) is -1.09. The fourth-order valence-electron chi connectivity index (χ4n) is 3.76. The molecule has 2 aromatic rings. The highest BCUT2D eigenvalue weighted by Crippen LogP contribution is 2.37. The van der Waals surface area contributed by atoms with Gasteiger partial charge in [-0.1, -0.05) is 30.3 Å². The van der Waals surface area contributed by atoms with E-state index in [0.717, 1.165) is 31.5 Å². The van der Waals surface area contributed by atoms with E-state index < -0.39 is 29.6 Å². The van der Waals surface area contributed by atoms with Crippen LogP contribution in [0.3, 0.4) is 0 Å². The van der Waals surface area contributed by atoms with Crippen LogP contribution in [0.25, 0.3) is 0 Å². The lowest BCUT2D eigenvalue weighted by Gasteiger charge is -2.32. The van der Waals surface area contributed by atoms with Crippen LogP contribution in [-0.4, -0.2) is 35.7 Å². The summed E-state index contributed by atoms with van der Waals surface area (Å²) in [6, 6.07) is 10.4. The summed E-state index contributed by atoms with van der Waals surface area (Å²) in [5.41, 5.74) is 0.215. The minimum Gasteiger partial charge on any atom is -0.391 e. The van der Waals surface area contributed by atoms with Gasteiger partial charge in [0.05, 0.1) is 11.7 Å². The number of nitrogens with zero attached hydrogens (tertiary/aromatic N) is 1. The van der Waals surface area contributed by atoms with Gasteiger partial charge in [-0.25, -0.2) is 4.39 Å². The molecule has 0 aliphatic carbocycles. The van der Waals surface area contributed by atoms with Crippen molar-refractivity contribution in [3.05, 3.63) is 71.0 Å². The Morgan fingerprint density at radius 1 is 1.08 bits per heavy atom. The number of likely N-dealkylation sites (N-methyl/N-ethyl adjacent to an activating group) is 1. The Kier molecular flexibility index (Phi) is 5.34. The molecular formula is C20H21F4NO. The van der Waals surface area contributed by atoms with Gasteiger partial charge >= 0.3 is 6.18 Å². The third-order valence-electron chi connectivity index (χ3n) is 5.11. The second-order valence-electron chi connectivity index (χ2n) is 6.83. The number of benzene rings is 2. The lowest BCUT2D eigenvalue weighted by molar-refractivity contribution is -0.137. The van der Waals surface area contributed by atoms with Gasteiger partial charge in [0, 0.05) is 12.0 Å². The van der Waals surface area contributed by atoms with Crippen LogP contribution >= 0.6 is 0 Å². The van der Waals surface area contributed by atoms with Crippen molar-refractivity contribution in [3.63, 3.8) is 0 Å². The number of aliphatic hydroxyl groups excluding tert-OH is 1. The summed E-state index contributed by atoms with van der Waals surface area (Å²) in [6.45, 7) is 0.834. The topological polar surface area (TPSA) is 23.5 Å². The van der Waals surface area contributed by atoms with Crippen molar-refractivity contribution >= 4 is 0 Å². The molecule has 1 fully saturated rings. The number of likely N-dealkylation sites (tertiary alicyclic amines) is 1. The Morgan fingerprint density at radius 2 is 1.77 bits per heavy atom. The first-order valence-electron chi connectivity index (χ1n) is 8.58. The molecule has 0 saturated carbocycles. The molecule has 1 saturated heterocycles. The van der Waals surface area contributed by atoms with Crippen LogP contribution in [0, 0.1) is 5.82 Å². The third kappa shape index (κ3) is 3.91. The molecule has 26 heavy (non-hydrogen) atoms. The van der Waals surface area contributed by atoms with Crippen LogP contribution in [0.1, 0.15) is 35.4 Å². The highest BCUT2D eigenvalue weighted by atomic mass is 19.4. The quantitative estimate of drug-likeness (QED) is 0.808. The molecule has 0 spiro atoms. The van der Waals surface area contributed by atoms with Gasteiger partial charge < -0.3 is 10.0 Å². The zero-order chi connectivity index (χ0) is 18.9. The van der Waals surface area contributed by atoms with E-state index in [1.807, 2.05) is 11.9 Å². The van der Waals surface area contributed by atoms with Gasteiger partial charge in [0.1, 0.15) is 5.82 Å². The van der Waals surface area contributed by atoms with E-state index in [-0.39, 0.29) is 6.04 Å². The van der Waals surface area contributed by atoms with Gasteiger partial charge in [0.2, 0.25) is 0 Å². The molecule has 1 N–H and O–H groups in total. The highest BCUT2D eigenvalue weighted by molar-refractivity contribution is 5.37. The molecule has 3 rings (SSSR count). The van der Waals surface area contributed by atoms with E-state index in [1.54, 1.807) is 6.07 Å². The van der Waals surface area contributed by atoms with Crippen LogP contribution in [0.2, 0.25) is 0 Å². The van der Waals surface area contributed by atoms with Gasteiger partial charge in [-0.2, -0.15) is 13.2 Å². The minimum absolute atomic E-state index is 0.153. The standard InChI is InChI=1S/C20H21F4NO/c1-25-11-3-6-17(25)19(26)18(13-7-9-16(21)10-8-13)14-4-2-5-15(12-14)20(22,23)24/h2,4-5,7-10,12,17-19,26H,3,6,11H2,1H3/t17-,18+,19+/m1/s1. The van der Waals surface area contributed by atoms with Crippen LogP contribution in [-0.2, 0) is 6.18 Å². The summed E-state index contributed by atoms with van der Waals surface area (Å²) >= 11 is 0. The summed E-state index contributed by atoms with van der Waals surface area (Å²) in [6.07, 6.45) is -3.65. The van der Waals surface area contributed by atoms with Crippen molar-refractivity contribution in [1.29, 1.82) is 0 Å². The van der Waals surface area contributed by atoms with Gasteiger partial charge in [-0.15, -0.1) is 0 Å². The lowest BCUT2D eigenvalue weighted by Crippen LogP contribution is -2.40. The van der Waals surface area contributed by atoms with Crippen LogP contribution in [0.4, 0.5) is 17.6 Å². The van der Waals surface area contributed by atoms with Gasteiger partial charge in [0.25, 0.3) is 0 Å². The number of hydrogen-bond donors (Lipinski definition) is 1. The lowest BCUT2D eigenvalue weighted by atomic mass is 9.82. The fourth-order valence-corrected chi connectivity index (χ4v) is 3.76. The SMILES string of the molecule is CN1CCC[C@@H]1[C@H](O)[C@@H](c1ccc(F)cc1)c1cccc(C(F)(F)F)c1. The van der Waals surface area contributed by atoms with Gasteiger partial charge in [-0.05, 0) is 55.8 Å². The van der Waals surface area contributed by atoms with Crippen LogP contribution in [0.15, 0.2) is 48.5 Å². The summed E-state index contributed by atoms with van der Waals surface area (Å²) < 4.78 is 52.7. The minimum atomic E-state index is -4.46. The highest BCUT2D eigenvalue weighted by Gasteiger charge is 2.36. The molecule has 140 valence electrons. The van der Waals surface area contributed by atoms with Crippen molar-refractivity contribution in [3.8, 4) is 0 Å². The fraction of sp³-hybridized carbons (Fsp3) is 0.400. The average molecular weight is 367 g/mol. The Balaban J connectivity index is 2.04. The molecule has 1 aliphatic rings. The molecule has 2 aromatic carbocycles. The van der Waals surface area contributed by atoms with Crippen molar-refractivity contribution in [2.75, 3.05) is 13.6 Å². The normalized spacial score (nSPS) is 20.9. The number of hydrogen-bond acceptors (Lipinski definition) is 2. The first kappa shape index (κ1) is 18.9. The number of alkyl halides is 3. The molecule has 0 aromatic heterocycles. The summed E-state index contributed by atoms with van der Waals surface area (Å²) in [7, 11) is 1.90. The Hall–Kier alpha value is -1.92. The monoisotopic (exact) mass is 367 g/mol. The van der Waals surface area contributed by atoms with Gasteiger partial charge in [-0.3, -0.25) is 0 Å². The molecule has 1 heterocycles. The van der Waals surface area contributed by atoms with E-state index in [9.17, 15) is 22.7 Å². The van der Waals surface area contributed by atoms with E-state index in [1.165, 1.54) is 30.3 Å². The predicted octanol–water partition coefficient (Wildman–Crippen LogP) is 4.43. The maximum Gasteiger partial charge on any atom is 0.416 e. The number of aliphatic hydroxyl groups is 1. The van der Waals surface area contributed by atoms with E-state index in [2.05, 4.69) is 0 Å². The second-order valence-corrected chi connectivity index (χ2v) is 6.83. The molecule has 6 heteroatoms. The maximum absolute atomic E-state index is 13.3.